The van der Waals surface area contributed by atoms with Gasteiger partial charge in [-0.3, -0.25) is 0 Å². The Kier molecular flexibility index (Phi) is 6.40. The average molecular weight is 251 g/mol. The van der Waals surface area contributed by atoms with Crippen LogP contribution in [0.2, 0.25) is 0 Å². The van der Waals surface area contributed by atoms with Crippen molar-refractivity contribution >= 4 is 0 Å². The summed E-state index contributed by atoms with van der Waals surface area (Å²) in [4.78, 5) is 0. The highest BCUT2D eigenvalue weighted by Gasteiger charge is 2.16. The van der Waals surface area contributed by atoms with E-state index in [1.807, 2.05) is 20.0 Å². The Labute approximate surface area is 111 Å². The van der Waals surface area contributed by atoms with Crippen molar-refractivity contribution in [3.63, 3.8) is 0 Å². The first kappa shape index (κ1) is 14.7. The van der Waals surface area contributed by atoms with Crippen molar-refractivity contribution in [2.75, 3.05) is 14.2 Å². The van der Waals surface area contributed by atoms with Crippen LogP contribution in [0.4, 0.5) is 0 Å². The van der Waals surface area contributed by atoms with E-state index in [0.717, 1.165) is 30.1 Å². The zero-order chi connectivity index (χ0) is 13.4. The van der Waals surface area contributed by atoms with Gasteiger partial charge in [0.05, 0.1) is 13.2 Å². The van der Waals surface area contributed by atoms with E-state index in [2.05, 4.69) is 11.9 Å². The zero-order valence-electron chi connectivity index (χ0n) is 11.8. The number of methoxy groups -OCH3 is 1. The summed E-state index contributed by atoms with van der Waals surface area (Å²) in [6.45, 7) is 5.69. The lowest BCUT2D eigenvalue weighted by Gasteiger charge is -2.24. The summed E-state index contributed by atoms with van der Waals surface area (Å²) in [6, 6.07) is 0. The number of ether oxygens (including phenoxy) is 2. The van der Waals surface area contributed by atoms with E-state index in [4.69, 9.17) is 9.47 Å². The molecule has 0 aromatic heterocycles. The normalized spacial score (nSPS) is 18.9. The molecule has 0 unspecified atom stereocenters. The molecule has 0 bridgehead atoms. The van der Waals surface area contributed by atoms with Gasteiger partial charge in [-0.1, -0.05) is 13.0 Å². The Morgan fingerprint density at radius 1 is 1.28 bits per heavy atom. The Hall–Kier alpha value is -1.38. The Bertz CT molecular complexity index is 325. The topological polar surface area (TPSA) is 30.5 Å². The van der Waals surface area contributed by atoms with Gasteiger partial charge in [-0.2, -0.15) is 0 Å². The minimum atomic E-state index is 0.318. The van der Waals surface area contributed by atoms with Crippen LogP contribution in [-0.2, 0) is 9.47 Å². The summed E-state index contributed by atoms with van der Waals surface area (Å²) in [7, 11) is 3.54. The van der Waals surface area contributed by atoms with E-state index in [1.165, 1.54) is 19.3 Å². The highest BCUT2D eigenvalue weighted by molar-refractivity contribution is 5.26. The molecule has 3 nitrogen and oxygen atoms in total. The second kappa shape index (κ2) is 7.85. The molecule has 1 aliphatic carbocycles. The van der Waals surface area contributed by atoms with Crippen molar-refractivity contribution in [1.82, 2.24) is 5.32 Å². The Morgan fingerprint density at radius 2 is 1.94 bits per heavy atom. The monoisotopic (exact) mass is 251 g/mol. The second-order valence-electron chi connectivity index (χ2n) is 4.56. The molecule has 102 valence electrons. The number of allylic oxidation sites excluding steroid dienone is 3. The van der Waals surface area contributed by atoms with Gasteiger partial charge in [-0.05, 0) is 38.7 Å². The van der Waals surface area contributed by atoms with E-state index in [0.29, 0.717) is 6.10 Å². The van der Waals surface area contributed by atoms with Gasteiger partial charge >= 0.3 is 0 Å². The van der Waals surface area contributed by atoms with Gasteiger partial charge in [0, 0.05) is 18.8 Å². The van der Waals surface area contributed by atoms with Gasteiger partial charge in [0.15, 0.2) is 5.76 Å². The van der Waals surface area contributed by atoms with Crippen molar-refractivity contribution in [2.24, 2.45) is 0 Å². The van der Waals surface area contributed by atoms with Crippen molar-refractivity contribution in [2.45, 2.75) is 45.1 Å². The van der Waals surface area contributed by atoms with Crippen LogP contribution in [0.1, 0.15) is 39.0 Å². The van der Waals surface area contributed by atoms with E-state index in [9.17, 15) is 0 Å². The predicted molar refractivity (Wildman–Crippen MR) is 75.0 cm³/mol. The first-order chi connectivity index (χ1) is 8.71. The number of hydrogen-bond acceptors (Lipinski definition) is 3. The van der Waals surface area contributed by atoms with Crippen LogP contribution in [0, 0.1) is 0 Å². The number of nitrogens with one attached hydrogen (secondary N) is 1. The number of hydrogen-bond donors (Lipinski definition) is 1. The summed E-state index contributed by atoms with van der Waals surface area (Å²) < 4.78 is 11.4. The summed E-state index contributed by atoms with van der Waals surface area (Å²) in [5.74, 6) is 1.60. The van der Waals surface area contributed by atoms with Crippen molar-refractivity contribution in [1.29, 1.82) is 0 Å². The molecule has 0 heterocycles. The van der Waals surface area contributed by atoms with Crippen LogP contribution in [0.3, 0.4) is 0 Å². The lowest BCUT2D eigenvalue weighted by Crippen LogP contribution is -2.17. The first-order valence-electron chi connectivity index (χ1n) is 6.64. The molecule has 0 radical (unpaired) electrons. The molecular weight excluding hydrogens is 226 g/mol. The minimum Gasteiger partial charge on any atom is -0.498 e. The molecule has 18 heavy (non-hydrogen) atoms. The van der Waals surface area contributed by atoms with Gasteiger partial charge < -0.3 is 14.8 Å². The predicted octanol–water partition coefficient (Wildman–Crippen LogP) is 3.50. The Morgan fingerprint density at radius 3 is 2.44 bits per heavy atom. The SMILES string of the molecule is C=C/C(=C\C(OC1CCCCC1)=C(/C)OC)NC. The fraction of sp³-hybridized carbons (Fsp3) is 0.600. The van der Waals surface area contributed by atoms with Crippen molar-refractivity contribution in [3.8, 4) is 0 Å². The van der Waals surface area contributed by atoms with E-state index < -0.39 is 0 Å². The van der Waals surface area contributed by atoms with E-state index in [-0.39, 0.29) is 0 Å². The molecule has 1 fully saturated rings. The largest absolute Gasteiger partial charge is 0.498 e. The van der Waals surface area contributed by atoms with Crippen LogP contribution in [0.5, 0.6) is 0 Å². The van der Waals surface area contributed by atoms with Crippen LogP contribution < -0.4 is 5.32 Å². The maximum atomic E-state index is 6.07. The number of rotatable bonds is 6. The lowest BCUT2D eigenvalue weighted by atomic mass is 9.98. The molecule has 1 aliphatic rings. The smallest absolute Gasteiger partial charge is 0.159 e. The molecule has 0 aliphatic heterocycles. The molecule has 0 atom stereocenters. The van der Waals surface area contributed by atoms with Gasteiger partial charge in [0.1, 0.15) is 5.76 Å². The highest BCUT2D eigenvalue weighted by atomic mass is 16.5. The van der Waals surface area contributed by atoms with Crippen molar-refractivity contribution in [3.05, 3.63) is 35.9 Å². The van der Waals surface area contributed by atoms with Crippen LogP contribution in [0.15, 0.2) is 35.9 Å². The standard InChI is InChI=1S/C15H25NO2/c1-5-13(16-3)11-15(12(2)17-4)18-14-9-7-6-8-10-14/h5,11,14,16H,1,6-10H2,2-4H3/b13-11+,15-12-. The van der Waals surface area contributed by atoms with Crippen LogP contribution in [0.25, 0.3) is 0 Å². The molecule has 1 N–H and O–H groups in total. The van der Waals surface area contributed by atoms with E-state index in [1.54, 1.807) is 13.2 Å². The third kappa shape index (κ3) is 4.47. The van der Waals surface area contributed by atoms with Gasteiger partial charge in [-0.15, -0.1) is 0 Å². The molecule has 0 aromatic rings. The molecule has 1 rings (SSSR count). The summed E-state index contributed by atoms with van der Waals surface area (Å²) in [5.41, 5.74) is 0.928. The van der Waals surface area contributed by atoms with Gasteiger partial charge in [0.2, 0.25) is 0 Å². The highest BCUT2D eigenvalue weighted by Crippen LogP contribution is 2.24. The molecule has 0 aromatic carbocycles. The summed E-state index contributed by atoms with van der Waals surface area (Å²) in [6.07, 6.45) is 10.1. The second-order valence-corrected chi connectivity index (χ2v) is 4.56. The maximum Gasteiger partial charge on any atom is 0.159 e. The molecule has 1 saturated carbocycles. The van der Waals surface area contributed by atoms with Crippen LogP contribution in [-0.4, -0.2) is 20.3 Å². The average Bonchev–Trinajstić information content (AvgIpc) is 2.43. The molecule has 0 saturated heterocycles. The third-order valence-electron chi connectivity index (χ3n) is 3.29. The number of likely N-dealkylation sites (N-methyl/N-ethyl adjacent to an activating group) is 1. The molecule has 0 spiro atoms. The van der Waals surface area contributed by atoms with Crippen LogP contribution >= 0.6 is 0 Å². The quantitative estimate of drug-likeness (QED) is 0.579. The summed E-state index contributed by atoms with van der Waals surface area (Å²) in [5, 5.41) is 3.07. The Balaban J connectivity index is 2.79. The first-order valence-corrected chi connectivity index (χ1v) is 6.64. The summed E-state index contributed by atoms with van der Waals surface area (Å²) >= 11 is 0. The maximum absolute atomic E-state index is 6.07. The molecule has 0 amide bonds. The van der Waals surface area contributed by atoms with Gasteiger partial charge in [0.25, 0.3) is 0 Å². The minimum absolute atomic E-state index is 0.318. The zero-order valence-corrected chi connectivity index (χ0v) is 11.8. The molecule has 3 heteroatoms. The lowest BCUT2D eigenvalue weighted by molar-refractivity contribution is 0.0783. The fourth-order valence-electron chi connectivity index (χ4n) is 2.06. The van der Waals surface area contributed by atoms with Gasteiger partial charge in [-0.25, -0.2) is 0 Å². The van der Waals surface area contributed by atoms with E-state index >= 15 is 0 Å². The van der Waals surface area contributed by atoms with Crippen molar-refractivity contribution < 1.29 is 9.47 Å². The third-order valence-corrected chi connectivity index (χ3v) is 3.29. The molecular formula is C15H25NO2. The fourth-order valence-corrected chi connectivity index (χ4v) is 2.06.